The van der Waals surface area contributed by atoms with Crippen LogP contribution >= 0.6 is 15.9 Å². The fourth-order valence-electron chi connectivity index (χ4n) is 2.48. The largest absolute Gasteiger partial charge is 0.329 e. The van der Waals surface area contributed by atoms with E-state index in [1.54, 1.807) is 0 Å². The molecule has 4 heteroatoms. The van der Waals surface area contributed by atoms with Gasteiger partial charge in [-0.1, -0.05) is 6.42 Å². The first-order valence-corrected chi connectivity index (χ1v) is 6.38. The summed E-state index contributed by atoms with van der Waals surface area (Å²) in [6.07, 6.45) is 7.59. The van der Waals surface area contributed by atoms with Crippen molar-refractivity contribution < 1.29 is 0 Å². The van der Waals surface area contributed by atoms with Gasteiger partial charge in [0.2, 0.25) is 0 Å². The fourth-order valence-corrected chi connectivity index (χ4v) is 2.82. The molecular weight excluding hydrogens is 266 g/mol. The number of aromatic nitrogens is 2. The van der Waals surface area contributed by atoms with Crippen molar-refractivity contribution in [1.29, 1.82) is 0 Å². The minimum absolute atomic E-state index is 0.118. The second-order valence-corrected chi connectivity index (χ2v) is 5.48. The van der Waals surface area contributed by atoms with E-state index in [1.165, 1.54) is 6.42 Å². The summed E-state index contributed by atoms with van der Waals surface area (Å²) in [5.41, 5.74) is 7.18. The van der Waals surface area contributed by atoms with E-state index in [4.69, 9.17) is 5.73 Å². The van der Waals surface area contributed by atoms with Crippen molar-refractivity contribution in [2.75, 3.05) is 6.54 Å². The van der Waals surface area contributed by atoms with Crippen LogP contribution < -0.4 is 5.73 Å². The van der Waals surface area contributed by atoms with Crippen molar-refractivity contribution in [3.05, 3.63) is 34.8 Å². The molecule has 2 aromatic rings. The summed E-state index contributed by atoms with van der Waals surface area (Å²) in [5, 5.41) is 0. The van der Waals surface area contributed by atoms with Gasteiger partial charge in [-0.3, -0.25) is 0 Å². The van der Waals surface area contributed by atoms with E-state index >= 15 is 0 Å². The third-order valence-corrected chi connectivity index (χ3v) is 4.14. The fraction of sp³-hybridized carbons (Fsp3) is 0.417. The number of halogens is 1. The number of nitrogens with two attached hydrogens (primary N) is 1. The van der Waals surface area contributed by atoms with Crippen LogP contribution in [-0.4, -0.2) is 15.9 Å². The van der Waals surface area contributed by atoms with Crippen molar-refractivity contribution in [3.63, 3.8) is 0 Å². The van der Waals surface area contributed by atoms with E-state index in [1.807, 2.05) is 12.3 Å². The molecule has 2 heterocycles. The van der Waals surface area contributed by atoms with Gasteiger partial charge in [0, 0.05) is 22.6 Å². The predicted molar refractivity (Wildman–Crippen MR) is 67.5 cm³/mol. The minimum atomic E-state index is 0.118. The monoisotopic (exact) mass is 279 g/mol. The molecule has 0 spiro atoms. The first-order valence-electron chi connectivity index (χ1n) is 5.58. The highest BCUT2D eigenvalue weighted by molar-refractivity contribution is 9.10. The van der Waals surface area contributed by atoms with Crippen molar-refractivity contribution in [2.24, 2.45) is 5.73 Å². The Kier molecular flexibility index (Phi) is 2.30. The van der Waals surface area contributed by atoms with E-state index < -0.39 is 0 Å². The van der Waals surface area contributed by atoms with Crippen LogP contribution in [0.4, 0.5) is 0 Å². The summed E-state index contributed by atoms with van der Waals surface area (Å²) in [5.74, 6) is 1.12. The second kappa shape index (κ2) is 3.57. The summed E-state index contributed by atoms with van der Waals surface area (Å²) in [6.45, 7) is 0.693. The molecule has 0 bridgehead atoms. The summed E-state index contributed by atoms with van der Waals surface area (Å²) in [7, 11) is 0. The van der Waals surface area contributed by atoms with Crippen LogP contribution in [0.2, 0.25) is 0 Å². The van der Waals surface area contributed by atoms with Gasteiger partial charge in [-0.25, -0.2) is 4.98 Å². The average molecular weight is 280 g/mol. The van der Waals surface area contributed by atoms with Crippen LogP contribution in [0.25, 0.3) is 5.52 Å². The number of hydrogen-bond acceptors (Lipinski definition) is 2. The van der Waals surface area contributed by atoms with E-state index in [9.17, 15) is 0 Å². The highest BCUT2D eigenvalue weighted by atomic mass is 79.9. The SMILES string of the molecule is NCC1(c2ncc3ccc(Br)cn23)CCC1. The molecule has 1 aliphatic carbocycles. The summed E-state index contributed by atoms with van der Waals surface area (Å²) < 4.78 is 3.24. The van der Waals surface area contributed by atoms with E-state index in [2.05, 4.69) is 37.6 Å². The lowest BCUT2D eigenvalue weighted by molar-refractivity contribution is 0.237. The van der Waals surface area contributed by atoms with Gasteiger partial charge >= 0.3 is 0 Å². The van der Waals surface area contributed by atoms with Gasteiger partial charge < -0.3 is 10.1 Å². The average Bonchev–Trinajstić information content (AvgIpc) is 2.61. The van der Waals surface area contributed by atoms with Crippen molar-refractivity contribution in [1.82, 2.24) is 9.38 Å². The predicted octanol–water partition coefficient (Wildman–Crippen LogP) is 2.48. The molecular formula is C12H14BrN3. The number of fused-ring (bicyclic) bond motifs is 1. The minimum Gasteiger partial charge on any atom is -0.329 e. The van der Waals surface area contributed by atoms with Gasteiger partial charge in [-0.2, -0.15) is 0 Å². The molecule has 0 unspecified atom stereocenters. The Hall–Kier alpha value is -0.870. The maximum atomic E-state index is 5.92. The Morgan fingerprint density at radius 3 is 2.88 bits per heavy atom. The van der Waals surface area contributed by atoms with Crippen molar-refractivity contribution >= 4 is 21.4 Å². The third-order valence-electron chi connectivity index (χ3n) is 3.67. The van der Waals surface area contributed by atoms with E-state index in [-0.39, 0.29) is 5.41 Å². The Balaban J connectivity index is 2.19. The lowest BCUT2D eigenvalue weighted by atomic mass is 9.68. The first kappa shape index (κ1) is 10.3. The number of rotatable bonds is 2. The Bertz CT molecular complexity index is 523. The Morgan fingerprint density at radius 1 is 1.44 bits per heavy atom. The smallest absolute Gasteiger partial charge is 0.120 e. The van der Waals surface area contributed by atoms with Gasteiger partial charge in [-0.15, -0.1) is 0 Å². The second-order valence-electron chi connectivity index (χ2n) is 4.56. The maximum absolute atomic E-state index is 5.92. The molecule has 0 aliphatic heterocycles. The first-order chi connectivity index (χ1) is 7.75. The summed E-state index contributed by atoms with van der Waals surface area (Å²) in [4.78, 5) is 4.56. The van der Waals surface area contributed by atoms with Crippen molar-refractivity contribution in [3.8, 4) is 0 Å². The normalized spacial score (nSPS) is 18.6. The van der Waals surface area contributed by atoms with Crippen LogP contribution in [0.3, 0.4) is 0 Å². The molecule has 84 valence electrons. The number of hydrogen-bond donors (Lipinski definition) is 1. The zero-order valence-electron chi connectivity index (χ0n) is 8.99. The third kappa shape index (κ3) is 1.33. The van der Waals surface area contributed by atoms with E-state index in [0.29, 0.717) is 6.54 Å². The molecule has 1 saturated carbocycles. The molecule has 1 fully saturated rings. The lowest BCUT2D eigenvalue weighted by Crippen LogP contribution is -2.43. The van der Waals surface area contributed by atoms with Crippen LogP contribution in [-0.2, 0) is 5.41 Å². The lowest BCUT2D eigenvalue weighted by Gasteiger charge is -2.39. The Labute approximate surface area is 103 Å². The Morgan fingerprint density at radius 2 is 2.25 bits per heavy atom. The van der Waals surface area contributed by atoms with Gasteiger partial charge in [0.1, 0.15) is 5.82 Å². The molecule has 2 N–H and O–H groups in total. The maximum Gasteiger partial charge on any atom is 0.120 e. The molecule has 2 aromatic heterocycles. The highest BCUT2D eigenvalue weighted by Crippen LogP contribution is 2.42. The topological polar surface area (TPSA) is 43.3 Å². The van der Waals surface area contributed by atoms with Crippen molar-refractivity contribution in [2.45, 2.75) is 24.7 Å². The standard InChI is InChI=1S/C12H14BrN3/c13-9-2-3-10-6-15-11(16(10)7-9)12(8-14)4-1-5-12/h2-3,6-7H,1,4-5,8,14H2. The quantitative estimate of drug-likeness (QED) is 0.918. The van der Waals surface area contributed by atoms with Crippen LogP contribution in [0.5, 0.6) is 0 Å². The van der Waals surface area contributed by atoms with Crippen LogP contribution in [0, 0.1) is 0 Å². The zero-order valence-corrected chi connectivity index (χ0v) is 10.6. The van der Waals surface area contributed by atoms with Gasteiger partial charge in [0.05, 0.1) is 11.7 Å². The highest BCUT2D eigenvalue weighted by Gasteiger charge is 2.40. The van der Waals surface area contributed by atoms with E-state index in [0.717, 1.165) is 28.7 Å². The zero-order chi connectivity index (χ0) is 11.2. The summed E-state index contributed by atoms with van der Waals surface area (Å²) in [6, 6.07) is 4.11. The molecule has 0 atom stereocenters. The van der Waals surface area contributed by atoms with Crippen LogP contribution in [0.15, 0.2) is 29.0 Å². The van der Waals surface area contributed by atoms with Gasteiger partial charge in [-0.05, 0) is 40.9 Å². The molecule has 16 heavy (non-hydrogen) atoms. The number of pyridine rings is 1. The summed E-state index contributed by atoms with van der Waals surface area (Å²) >= 11 is 3.50. The van der Waals surface area contributed by atoms with Crippen LogP contribution in [0.1, 0.15) is 25.1 Å². The number of imidazole rings is 1. The molecule has 3 rings (SSSR count). The molecule has 0 amide bonds. The molecule has 0 saturated heterocycles. The molecule has 0 aromatic carbocycles. The van der Waals surface area contributed by atoms with Gasteiger partial charge in [0.25, 0.3) is 0 Å². The molecule has 0 radical (unpaired) electrons. The molecule has 3 nitrogen and oxygen atoms in total. The number of nitrogens with zero attached hydrogens (tertiary/aromatic N) is 2. The molecule has 1 aliphatic rings. The van der Waals surface area contributed by atoms with Gasteiger partial charge in [0.15, 0.2) is 0 Å².